The maximum Gasteiger partial charge on any atom is 0.446 e. The molecule has 0 saturated heterocycles. The first-order valence-electron chi connectivity index (χ1n) is 8.04. The number of hydrogen-bond acceptors (Lipinski definition) is 4. The zero-order valence-corrected chi connectivity index (χ0v) is 18.0. The highest BCUT2D eigenvalue weighted by atomic mass is 79.9. The van der Waals surface area contributed by atoms with Crippen LogP contribution in [-0.4, -0.2) is 18.1 Å². The van der Waals surface area contributed by atoms with Gasteiger partial charge in [0.15, 0.2) is 5.75 Å². The lowest BCUT2D eigenvalue weighted by Crippen LogP contribution is -2.07. The Morgan fingerprint density at radius 1 is 0.750 bits per heavy atom. The summed E-state index contributed by atoms with van der Waals surface area (Å²) in [5.41, 5.74) is 0.782. The molecule has 5 nitrogen and oxygen atoms in total. The summed E-state index contributed by atoms with van der Waals surface area (Å²) in [6.07, 6.45) is 0. The van der Waals surface area contributed by atoms with Gasteiger partial charge in [-0.25, -0.2) is 0 Å². The normalized spacial score (nSPS) is 11.8. The zero-order valence-electron chi connectivity index (χ0n) is 14.1. The molecule has 0 amide bonds. The lowest BCUT2D eigenvalue weighted by atomic mass is 9.92. The Balaban J connectivity index is 2.17. The molecule has 0 saturated carbocycles. The highest BCUT2D eigenvalue weighted by Crippen LogP contribution is 2.46. The molecule has 0 heterocycles. The lowest BCUT2D eigenvalue weighted by molar-refractivity contribution is 0.387. The molecule has 0 atom stereocenters. The van der Waals surface area contributed by atoms with Crippen LogP contribution in [0.15, 0.2) is 69.6 Å². The highest BCUT2D eigenvalue weighted by Gasteiger charge is 2.21. The fourth-order valence-electron chi connectivity index (χ4n) is 3.27. The summed E-state index contributed by atoms with van der Waals surface area (Å²) >= 11 is 6.85. The average Bonchev–Trinajstić information content (AvgIpc) is 2.61. The summed E-state index contributed by atoms with van der Waals surface area (Å²) in [4.78, 5) is 0. The Bertz CT molecular complexity index is 1350. The summed E-state index contributed by atoms with van der Waals surface area (Å²) in [7, 11) is -4.76. The molecule has 0 radical (unpaired) electrons. The van der Waals surface area contributed by atoms with Gasteiger partial charge in [0.1, 0.15) is 5.75 Å². The molecule has 142 valence electrons. The van der Waals surface area contributed by atoms with Crippen molar-refractivity contribution in [3.05, 3.63) is 69.6 Å². The number of phenolic OH excluding ortho intramolecular Hbond substituents is 1. The van der Waals surface area contributed by atoms with Gasteiger partial charge in [-0.2, -0.15) is 8.42 Å². The van der Waals surface area contributed by atoms with Crippen LogP contribution < -0.4 is 4.18 Å². The van der Waals surface area contributed by atoms with Gasteiger partial charge in [-0.05, 0) is 57.9 Å². The number of hydrogen-bond donors (Lipinski definition) is 2. The van der Waals surface area contributed by atoms with Crippen LogP contribution in [0.5, 0.6) is 11.5 Å². The second-order valence-corrected chi connectivity index (χ2v) is 8.99. The Morgan fingerprint density at radius 2 is 1.29 bits per heavy atom. The van der Waals surface area contributed by atoms with Crippen LogP contribution in [0, 0.1) is 0 Å². The molecule has 4 rings (SSSR count). The van der Waals surface area contributed by atoms with E-state index in [0.717, 1.165) is 19.7 Å². The Kier molecular flexibility index (Phi) is 4.83. The molecule has 0 aliphatic rings. The predicted octanol–water partition coefficient (Wildman–Crippen LogP) is 6.07. The molecule has 2 N–H and O–H groups in total. The van der Waals surface area contributed by atoms with Gasteiger partial charge in [-0.3, -0.25) is 4.55 Å². The van der Waals surface area contributed by atoms with E-state index in [9.17, 15) is 18.1 Å². The summed E-state index contributed by atoms with van der Waals surface area (Å²) < 4.78 is 38.7. The molecule has 0 aliphatic carbocycles. The fraction of sp³-hybridized carbons (Fsp3) is 0. The SMILES string of the molecule is O=S(=O)(O)Oc1ccc2cc(Br)ccc2c1-c1c(O)ccc2cc(Br)ccc12. The molecular formula is C20H12Br2O5S. The Hall–Kier alpha value is -2.13. The van der Waals surface area contributed by atoms with Gasteiger partial charge in [-0.15, -0.1) is 0 Å². The monoisotopic (exact) mass is 522 g/mol. The molecule has 8 heteroatoms. The van der Waals surface area contributed by atoms with Crippen molar-refractivity contribution < 1.29 is 22.3 Å². The van der Waals surface area contributed by atoms with Gasteiger partial charge in [0.05, 0.1) is 0 Å². The van der Waals surface area contributed by atoms with Crippen molar-refractivity contribution in [3.63, 3.8) is 0 Å². The van der Waals surface area contributed by atoms with Gasteiger partial charge in [0.25, 0.3) is 0 Å². The fourth-order valence-corrected chi connectivity index (χ4v) is 4.40. The third-order valence-electron chi connectivity index (χ3n) is 4.35. The van der Waals surface area contributed by atoms with Gasteiger partial charge in [0.2, 0.25) is 0 Å². The van der Waals surface area contributed by atoms with E-state index in [1.165, 1.54) is 6.07 Å². The van der Waals surface area contributed by atoms with Crippen LogP contribution in [-0.2, 0) is 10.4 Å². The van der Waals surface area contributed by atoms with Gasteiger partial charge >= 0.3 is 10.4 Å². The van der Waals surface area contributed by atoms with E-state index in [1.807, 2.05) is 30.3 Å². The second-order valence-electron chi connectivity index (χ2n) is 6.14. The van der Waals surface area contributed by atoms with Crippen molar-refractivity contribution in [2.24, 2.45) is 0 Å². The number of aromatic hydroxyl groups is 1. The first kappa shape index (κ1) is 19.2. The molecular weight excluding hydrogens is 512 g/mol. The quantitative estimate of drug-likeness (QED) is 0.318. The first-order chi connectivity index (χ1) is 13.2. The average molecular weight is 524 g/mol. The largest absolute Gasteiger partial charge is 0.507 e. The number of phenols is 1. The predicted molar refractivity (Wildman–Crippen MR) is 116 cm³/mol. The summed E-state index contributed by atoms with van der Waals surface area (Å²) in [6, 6.07) is 17.5. The molecule has 0 aromatic heterocycles. The first-order valence-corrected chi connectivity index (χ1v) is 11.0. The molecule has 0 fully saturated rings. The van der Waals surface area contributed by atoms with Crippen molar-refractivity contribution in [3.8, 4) is 22.6 Å². The third-order valence-corrected chi connectivity index (χ3v) is 5.73. The lowest BCUT2D eigenvalue weighted by Gasteiger charge is -2.16. The number of rotatable bonds is 3. The third kappa shape index (κ3) is 3.60. The second kappa shape index (κ2) is 7.04. The smallest absolute Gasteiger partial charge is 0.446 e. The molecule has 4 aromatic carbocycles. The maximum atomic E-state index is 11.4. The molecule has 0 bridgehead atoms. The van der Waals surface area contributed by atoms with E-state index in [0.29, 0.717) is 21.9 Å². The molecule has 0 spiro atoms. The van der Waals surface area contributed by atoms with E-state index >= 15 is 0 Å². The Morgan fingerprint density at radius 3 is 1.86 bits per heavy atom. The topological polar surface area (TPSA) is 83.8 Å². The van der Waals surface area contributed by atoms with Gasteiger partial charge in [-0.1, -0.05) is 56.1 Å². The highest BCUT2D eigenvalue weighted by molar-refractivity contribution is 9.10. The zero-order chi connectivity index (χ0) is 20.1. The van der Waals surface area contributed by atoms with Crippen molar-refractivity contribution in [2.75, 3.05) is 0 Å². The van der Waals surface area contributed by atoms with Gasteiger partial charge < -0.3 is 9.29 Å². The van der Waals surface area contributed by atoms with Crippen molar-refractivity contribution in [2.45, 2.75) is 0 Å². The molecule has 0 aliphatic heterocycles. The number of fused-ring (bicyclic) bond motifs is 2. The van der Waals surface area contributed by atoms with Crippen LogP contribution in [0.1, 0.15) is 0 Å². The summed E-state index contributed by atoms with van der Waals surface area (Å²) in [5, 5.41) is 13.7. The van der Waals surface area contributed by atoms with Gasteiger partial charge in [0, 0.05) is 20.1 Å². The molecule has 4 aromatic rings. The van der Waals surface area contributed by atoms with E-state index in [1.54, 1.807) is 24.3 Å². The van der Waals surface area contributed by atoms with E-state index < -0.39 is 10.4 Å². The number of benzene rings is 4. The van der Waals surface area contributed by atoms with Crippen LogP contribution in [0.2, 0.25) is 0 Å². The van der Waals surface area contributed by atoms with Crippen LogP contribution in [0.25, 0.3) is 32.7 Å². The van der Waals surface area contributed by atoms with Crippen LogP contribution in [0.4, 0.5) is 0 Å². The van der Waals surface area contributed by atoms with Crippen LogP contribution >= 0.6 is 31.9 Å². The molecule has 0 unspecified atom stereocenters. The van der Waals surface area contributed by atoms with Crippen molar-refractivity contribution in [1.82, 2.24) is 0 Å². The minimum absolute atomic E-state index is 0.0366. The standard InChI is InChI=1S/C20H12Br2O5S/c21-13-3-5-15-11(9-13)1-7-17(23)19(15)20-16-6-4-14(22)10-12(16)2-8-18(20)27-28(24,25)26/h1-10,23H,(H,24,25,26). The van der Waals surface area contributed by atoms with E-state index in [4.69, 9.17) is 4.18 Å². The minimum atomic E-state index is -4.76. The van der Waals surface area contributed by atoms with Crippen LogP contribution in [0.3, 0.4) is 0 Å². The summed E-state index contributed by atoms with van der Waals surface area (Å²) in [6.45, 7) is 0. The van der Waals surface area contributed by atoms with E-state index in [2.05, 4.69) is 31.9 Å². The number of halogens is 2. The Labute approximate surface area is 177 Å². The molecule has 28 heavy (non-hydrogen) atoms. The van der Waals surface area contributed by atoms with Crippen molar-refractivity contribution in [1.29, 1.82) is 0 Å². The summed E-state index contributed by atoms with van der Waals surface area (Å²) in [5.74, 6) is -0.117. The minimum Gasteiger partial charge on any atom is -0.507 e. The van der Waals surface area contributed by atoms with E-state index in [-0.39, 0.29) is 11.5 Å². The van der Waals surface area contributed by atoms with Crippen molar-refractivity contribution >= 4 is 63.8 Å². The maximum absolute atomic E-state index is 11.4.